The van der Waals surface area contributed by atoms with Gasteiger partial charge < -0.3 is 64.4 Å². The van der Waals surface area contributed by atoms with Gasteiger partial charge in [0.25, 0.3) is 0 Å². The van der Waals surface area contributed by atoms with E-state index in [1.807, 2.05) is 6.92 Å². The summed E-state index contributed by atoms with van der Waals surface area (Å²) in [7, 11) is 0. The first kappa shape index (κ1) is 50.3. The largest absolute Gasteiger partial charge is 0.456 e. The van der Waals surface area contributed by atoms with Crippen molar-refractivity contribution in [3.05, 3.63) is 82.9 Å². The van der Waals surface area contributed by atoms with Crippen molar-refractivity contribution in [3.63, 3.8) is 0 Å². The highest BCUT2D eigenvalue weighted by atomic mass is 16.7. The molecule has 0 unspecified atom stereocenters. The zero-order valence-corrected chi connectivity index (χ0v) is 38.5. The molecule has 18 nitrogen and oxygen atoms in total. The Hall–Kier alpha value is -4.63. The van der Waals surface area contributed by atoms with E-state index in [9.17, 15) is 49.8 Å². The first-order valence-electron chi connectivity index (χ1n) is 22.9. The molecule has 4 fully saturated rings. The van der Waals surface area contributed by atoms with Crippen LogP contribution in [0, 0.1) is 16.7 Å². The van der Waals surface area contributed by atoms with E-state index in [1.165, 1.54) is 39.8 Å². The number of carbonyl (C=O) groups excluding carboxylic acids is 5. The minimum Gasteiger partial charge on any atom is -0.456 e. The third-order valence-electron chi connectivity index (χ3n) is 14.9. The number of hydrogen-bond donors (Lipinski definition) is 7. The van der Waals surface area contributed by atoms with Gasteiger partial charge in [-0.1, -0.05) is 82.1 Å². The number of fused-ring (bicyclic) bond motifs is 5. The lowest BCUT2D eigenvalue weighted by atomic mass is 9.44. The molecule has 67 heavy (non-hydrogen) atoms. The summed E-state index contributed by atoms with van der Waals surface area (Å²) in [4.78, 5) is 70.8. The molecule has 2 aromatic rings. The minimum atomic E-state index is -2.45. The van der Waals surface area contributed by atoms with Crippen LogP contribution >= 0.6 is 0 Å². The number of ether oxygens (including phenoxy) is 6. The molecule has 0 spiro atoms. The number of rotatable bonds is 14. The molecule has 3 aliphatic carbocycles. The van der Waals surface area contributed by atoms with Crippen LogP contribution in [-0.4, -0.2) is 146 Å². The van der Waals surface area contributed by atoms with Gasteiger partial charge >= 0.3 is 17.9 Å². The highest BCUT2D eigenvalue weighted by Gasteiger charge is 2.78. The Bertz CT molecular complexity index is 2200. The summed E-state index contributed by atoms with van der Waals surface area (Å²) in [5, 5.41) is 72.8. The van der Waals surface area contributed by atoms with E-state index in [-0.39, 0.29) is 36.2 Å². The van der Waals surface area contributed by atoms with E-state index in [2.05, 4.69) is 5.32 Å². The Morgan fingerprint density at radius 2 is 1.57 bits per heavy atom. The van der Waals surface area contributed by atoms with Crippen LogP contribution < -0.4 is 5.32 Å². The number of benzene rings is 2. The topological polar surface area (TPSA) is 274 Å². The van der Waals surface area contributed by atoms with Crippen molar-refractivity contribution in [1.29, 1.82) is 0 Å². The molecule has 2 saturated carbocycles. The van der Waals surface area contributed by atoms with Crippen LogP contribution in [0.2, 0.25) is 0 Å². The first-order chi connectivity index (χ1) is 31.6. The fraction of sp³-hybridized carbons (Fsp3) is 0.612. The molecular formula is C49H63NO17. The van der Waals surface area contributed by atoms with Crippen molar-refractivity contribution in [1.82, 2.24) is 5.32 Å². The Morgan fingerprint density at radius 3 is 2.18 bits per heavy atom. The maximum Gasteiger partial charge on any atom is 0.338 e. The van der Waals surface area contributed by atoms with Crippen LogP contribution in [-0.2, 0) is 47.6 Å². The van der Waals surface area contributed by atoms with Crippen LogP contribution in [0.5, 0.6) is 0 Å². The Kier molecular flexibility index (Phi) is 14.6. The van der Waals surface area contributed by atoms with Crippen molar-refractivity contribution >= 4 is 29.6 Å². The number of ketones is 1. The van der Waals surface area contributed by atoms with Crippen molar-refractivity contribution in [2.75, 3.05) is 13.2 Å². The zero-order valence-electron chi connectivity index (χ0n) is 38.5. The van der Waals surface area contributed by atoms with Crippen LogP contribution in [0.4, 0.5) is 0 Å². The number of unbranched alkanes of at least 4 members (excludes halogenated alkanes) is 2. The fourth-order valence-corrected chi connectivity index (χ4v) is 11.1. The van der Waals surface area contributed by atoms with Gasteiger partial charge in [-0.3, -0.25) is 14.4 Å². The molecule has 2 heterocycles. The summed E-state index contributed by atoms with van der Waals surface area (Å²) in [6, 6.07) is 14.8. The molecule has 0 aromatic heterocycles. The smallest absolute Gasteiger partial charge is 0.338 e. The molecule has 15 atom stereocenters. The molecule has 2 aromatic carbocycles. The standard InChI is InChI=1S/C49H63NO17/c1-7-8-11-20-33(53)50-35(27-16-12-9-13-17-27)38(56)44(60)64-30-22-49(61)42(66-43(59)28-18-14-10-15-19-28)40-47(6,41(58)37(55)34(25(30)2)46(49,4)5)31(21-32-48(40,24-63-32)67-26(3)51)65-45-39(57)36(54)29(52)23-62-45/h9-10,12-19,29-32,35-40,42,45,52,54-57,61H,7-8,11,20-24H2,1-6H3,(H,50,53)/t29-,30-,31+,32+,35-,36+,37+,38+,39-,40-,42+,45+,47+,48-,49+/m0/s1. The molecule has 2 saturated heterocycles. The lowest BCUT2D eigenvalue weighted by Gasteiger charge is -2.68. The summed E-state index contributed by atoms with van der Waals surface area (Å²) in [5.74, 6) is -6.02. The molecule has 2 bridgehead atoms. The summed E-state index contributed by atoms with van der Waals surface area (Å²) in [5.41, 5.74) is -7.69. The number of amides is 1. The second kappa shape index (κ2) is 19.4. The molecular weight excluding hydrogens is 875 g/mol. The van der Waals surface area contributed by atoms with E-state index in [0.717, 1.165) is 19.8 Å². The van der Waals surface area contributed by atoms with Gasteiger partial charge in [0.2, 0.25) is 5.91 Å². The van der Waals surface area contributed by atoms with Gasteiger partial charge in [0.05, 0.1) is 42.3 Å². The van der Waals surface area contributed by atoms with E-state index >= 15 is 4.79 Å². The molecule has 366 valence electrons. The van der Waals surface area contributed by atoms with E-state index in [1.54, 1.807) is 48.5 Å². The van der Waals surface area contributed by atoms with Crippen LogP contribution in [0.1, 0.15) is 102 Å². The summed E-state index contributed by atoms with van der Waals surface area (Å²) < 4.78 is 36.7. The number of hydrogen-bond acceptors (Lipinski definition) is 17. The average molecular weight is 938 g/mol. The summed E-state index contributed by atoms with van der Waals surface area (Å²) in [6.45, 7) is 8.25. The number of Topliss-reactive ketones (excluding diaryl/α,β-unsaturated/α-hetero) is 1. The van der Waals surface area contributed by atoms with Crippen molar-refractivity contribution in [2.24, 2.45) is 16.7 Å². The molecule has 7 rings (SSSR count). The SMILES string of the molecule is CCCCCC(=O)N[C@@H](c1ccccc1)[C@@H](O)C(=O)O[C@H]1C[C@@]2(O)[C@H](OC(=O)c3ccccc3)[C@@H]3[C@]4(OC(C)=O)CO[C@@H]4C[C@@H](O[C@H]4OC[C@H](O)[C@@H](O)[C@@H]4O)[C@@]3(C)C(=O)[C@H](O)C(=C1C)C2(C)C. The minimum absolute atomic E-state index is 0.0365. The van der Waals surface area contributed by atoms with Gasteiger partial charge in [0.15, 0.2) is 23.8 Å². The molecule has 7 N–H and O–H groups in total. The van der Waals surface area contributed by atoms with Crippen LogP contribution in [0.25, 0.3) is 0 Å². The second-order valence-electron chi connectivity index (χ2n) is 19.3. The normalized spacial score (nSPS) is 36.4. The molecule has 0 radical (unpaired) electrons. The lowest BCUT2D eigenvalue weighted by molar-refractivity contribution is -0.366. The number of aliphatic hydroxyl groups is 6. The van der Waals surface area contributed by atoms with Crippen molar-refractivity contribution < 1.29 is 83.0 Å². The van der Waals surface area contributed by atoms with Gasteiger partial charge in [-0.25, -0.2) is 9.59 Å². The Morgan fingerprint density at radius 1 is 0.910 bits per heavy atom. The molecule has 5 aliphatic rings. The molecule has 2 aliphatic heterocycles. The van der Waals surface area contributed by atoms with E-state index < -0.39 is 138 Å². The van der Waals surface area contributed by atoms with Gasteiger partial charge in [0.1, 0.15) is 48.3 Å². The van der Waals surface area contributed by atoms with Gasteiger partial charge in [0, 0.05) is 31.6 Å². The van der Waals surface area contributed by atoms with E-state index in [0.29, 0.717) is 12.0 Å². The second-order valence-corrected chi connectivity index (χ2v) is 19.3. The predicted octanol–water partition coefficient (Wildman–Crippen LogP) is 1.89. The monoisotopic (exact) mass is 937 g/mol. The fourth-order valence-electron chi connectivity index (χ4n) is 11.1. The van der Waals surface area contributed by atoms with E-state index in [4.69, 9.17) is 28.4 Å². The number of esters is 3. The highest BCUT2D eigenvalue weighted by Crippen LogP contribution is 2.65. The Balaban J connectivity index is 1.37. The molecule has 1 amide bonds. The first-order valence-corrected chi connectivity index (χ1v) is 22.9. The van der Waals surface area contributed by atoms with Gasteiger partial charge in [-0.05, 0) is 49.1 Å². The Labute approximate surface area is 388 Å². The third kappa shape index (κ3) is 8.85. The zero-order chi connectivity index (χ0) is 48.8. The summed E-state index contributed by atoms with van der Waals surface area (Å²) >= 11 is 0. The third-order valence-corrected chi connectivity index (χ3v) is 14.9. The number of nitrogens with one attached hydrogen (secondary N) is 1. The van der Waals surface area contributed by atoms with Crippen LogP contribution in [0.3, 0.4) is 0 Å². The lowest BCUT2D eigenvalue weighted by Crippen LogP contribution is -2.82. The maximum atomic E-state index is 15.7. The maximum absolute atomic E-state index is 15.7. The average Bonchev–Trinajstić information content (AvgIpc) is 3.29. The van der Waals surface area contributed by atoms with Gasteiger partial charge in [-0.2, -0.15) is 0 Å². The highest BCUT2D eigenvalue weighted by molar-refractivity contribution is 5.94. The number of carbonyl (C=O) groups is 5. The number of aliphatic hydroxyl groups excluding tert-OH is 5. The van der Waals surface area contributed by atoms with Crippen molar-refractivity contribution in [3.8, 4) is 0 Å². The quantitative estimate of drug-likeness (QED) is 0.0617. The van der Waals surface area contributed by atoms with Crippen molar-refractivity contribution in [2.45, 2.75) is 159 Å². The van der Waals surface area contributed by atoms with Gasteiger partial charge in [-0.15, -0.1) is 0 Å². The predicted molar refractivity (Wildman–Crippen MR) is 233 cm³/mol. The van der Waals surface area contributed by atoms with Crippen LogP contribution in [0.15, 0.2) is 71.8 Å². The summed E-state index contributed by atoms with van der Waals surface area (Å²) in [6.07, 6.45) is -15.2. The molecule has 18 heteroatoms.